The maximum atomic E-state index is 12.7. The first kappa shape index (κ1) is 19.5. The Morgan fingerprint density at radius 1 is 1.14 bits per heavy atom. The third-order valence-electron chi connectivity index (χ3n) is 4.66. The minimum atomic E-state index is -0.361. The van der Waals surface area contributed by atoms with Crippen molar-refractivity contribution in [3.05, 3.63) is 77.9 Å². The van der Waals surface area contributed by atoms with Crippen LogP contribution in [0.2, 0.25) is 0 Å². The van der Waals surface area contributed by atoms with Crippen molar-refractivity contribution in [3.8, 4) is 11.5 Å². The van der Waals surface area contributed by atoms with Gasteiger partial charge in [0.1, 0.15) is 23.4 Å². The second kappa shape index (κ2) is 9.08. The Bertz CT molecular complexity index is 936. The fourth-order valence-electron chi connectivity index (χ4n) is 3.16. The lowest BCUT2D eigenvalue weighted by Crippen LogP contribution is -2.31. The van der Waals surface area contributed by atoms with Gasteiger partial charge in [-0.2, -0.15) is 0 Å². The first-order valence-corrected chi connectivity index (χ1v) is 9.14. The van der Waals surface area contributed by atoms with Crippen molar-refractivity contribution in [1.29, 1.82) is 0 Å². The van der Waals surface area contributed by atoms with E-state index in [4.69, 9.17) is 9.47 Å². The predicted octanol–water partition coefficient (Wildman–Crippen LogP) is 3.28. The second-order valence-corrected chi connectivity index (χ2v) is 6.49. The van der Waals surface area contributed by atoms with Gasteiger partial charge < -0.3 is 19.4 Å². The lowest BCUT2D eigenvalue weighted by molar-refractivity contribution is -0.121. The van der Waals surface area contributed by atoms with E-state index in [1.807, 2.05) is 66.3 Å². The Hall–Kier alpha value is -3.28. The van der Waals surface area contributed by atoms with Crippen LogP contribution in [0.15, 0.2) is 60.9 Å². The highest BCUT2D eigenvalue weighted by atomic mass is 16.5. The number of imidazole rings is 1. The molecular formula is C22H25N3O3. The number of ether oxygens (including phenoxy) is 2. The molecular weight excluding hydrogens is 354 g/mol. The third-order valence-corrected chi connectivity index (χ3v) is 4.66. The van der Waals surface area contributed by atoms with E-state index >= 15 is 0 Å². The van der Waals surface area contributed by atoms with Crippen LogP contribution in [0, 0.1) is 0 Å². The molecule has 3 rings (SSSR count). The molecule has 6 nitrogen and oxygen atoms in total. The van der Waals surface area contributed by atoms with Gasteiger partial charge in [0, 0.05) is 25.9 Å². The van der Waals surface area contributed by atoms with Gasteiger partial charge in [-0.05, 0) is 35.7 Å². The SMILES string of the molecule is COc1cccc([C@H](NC(=O)CCc2ccccc2OC)c2nccn2C)c1. The number of carbonyl (C=O) groups is 1. The predicted molar refractivity (Wildman–Crippen MR) is 108 cm³/mol. The van der Waals surface area contributed by atoms with E-state index in [-0.39, 0.29) is 11.9 Å². The fourth-order valence-corrected chi connectivity index (χ4v) is 3.16. The zero-order chi connectivity index (χ0) is 19.9. The summed E-state index contributed by atoms with van der Waals surface area (Å²) >= 11 is 0. The molecule has 0 aliphatic rings. The van der Waals surface area contributed by atoms with Gasteiger partial charge in [-0.25, -0.2) is 4.98 Å². The van der Waals surface area contributed by atoms with E-state index in [1.54, 1.807) is 20.4 Å². The Balaban J connectivity index is 1.77. The highest BCUT2D eigenvalue weighted by Crippen LogP contribution is 2.25. The van der Waals surface area contributed by atoms with Gasteiger partial charge in [0.05, 0.1) is 14.2 Å². The molecule has 1 aromatic heterocycles. The number of aromatic nitrogens is 2. The summed E-state index contributed by atoms with van der Waals surface area (Å²) in [6.07, 6.45) is 4.54. The summed E-state index contributed by atoms with van der Waals surface area (Å²) in [5.41, 5.74) is 1.93. The van der Waals surface area contributed by atoms with Crippen molar-refractivity contribution < 1.29 is 14.3 Å². The van der Waals surface area contributed by atoms with Crippen molar-refractivity contribution in [3.63, 3.8) is 0 Å². The minimum Gasteiger partial charge on any atom is -0.497 e. The Morgan fingerprint density at radius 2 is 1.96 bits per heavy atom. The van der Waals surface area contributed by atoms with Crippen molar-refractivity contribution in [2.75, 3.05) is 14.2 Å². The highest BCUT2D eigenvalue weighted by molar-refractivity contribution is 5.77. The standard InChI is InChI=1S/C22H25N3O3/c1-25-14-13-23-22(25)21(17-8-6-9-18(15-17)27-2)24-20(26)12-11-16-7-4-5-10-19(16)28-3/h4-10,13-15,21H,11-12H2,1-3H3,(H,24,26)/t21-/m0/s1. The Kier molecular flexibility index (Phi) is 6.32. The van der Waals surface area contributed by atoms with Crippen LogP contribution in [0.1, 0.15) is 29.4 Å². The highest BCUT2D eigenvalue weighted by Gasteiger charge is 2.21. The zero-order valence-electron chi connectivity index (χ0n) is 16.4. The summed E-state index contributed by atoms with van der Waals surface area (Å²) in [6.45, 7) is 0. The summed E-state index contributed by atoms with van der Waals surface area (Å²) in [6, 6.07) is 15.0. The molecule has 0 aliphatic carbocycles. The second-order valence-electron chi connectivity index (χ2n) is 6.49. The van der Waals surface area contributed by atoms with Gasteiger partial charge in [-0.1, -0.05) is 30.3 Å². The summed E-state index contributed by atoms with van der Waals surface area (Å²) in [5.74, 6) is 2.24. The van der Waals surface area contributed by atoms with Crippen molar-refractivity contribution >= 4 is 5.91 Å². The van der Waals surface area contributed by atoms with E-state index in [2.05, 4.69) is 10.3 Å². The maximum absolute atomic E-state index is 12.7. The summed E-state index contributed by atoms with van der Waals surface area (Å²) in [4.78, 5) is 17.2. The van der Waals surface area contributed by atoms with Gasteiger partial charge in [0.25, 0.3) is 0 Å². The lowest BCUT2D eigenvalue weighted by atomic mass is 10.0. The smallest absolute Gasteiger partial charge is 0.221 e. The number of hydrogen-bond donors (Lipinski definition) is 1. The molecule has 1 atom stereocenters. The number of methoxy groups -OCH3 is 2. The third kappa shape index (κ3) is 4.52. The van der Waals surface area contributed by atoms with Gasteiger partial charge in [-0.15, -0.1) is 0 Å². The number of rotatable bonds is 8. The van der Waals surface area contributed by atoms with Gasteiger partial charge in [0.2, 0.25) is 5.91 Å². The summed E-state index contributed by atoms with van der Waals surface area (Å²) < 4.78 is 12.6. The molecule has 28 heavy (non-hydrogen) atoms. The van der Waals surface area contributed by atoms with Crippen LogP contribution >= 0.6 is 0 Å². The molecule has 3 aromatic rings. The normalized spacial score (nSPS) is 11.7. The molecule has 146 valence electrons. The number of amides is 1. The molecule has 1 N–H and O–H groups in total. The summed E-state index contributed by atoms with van der Waals surface area (Å²) in [7, 11) is 5.18. The summed E-state index contributed by atoms with van der Waals surface area (Å²) in [5, 5.41) is 3.12. The van der Waals surface area contributed by atoms with Crippen LogP contribution in [0.4, 0.5) is 0 Å². The quantitative estimate of drug-likeness (QED) is 0.652. The monoisotopic (exact) mass is 379 g/mol. The van der Waals surface area contributed by atoms with E-state index in [1.165, 1.54) is 0 Å². The molecule has 0 saturated heterocycles. The van der Waals surface area contributed by atoms with E-state index in [9.17, 15) is 4.79 Å². The average molecular weight is 379 g/mol. The van der Waals surface area contributed by atoms with E-state index in [0.717, 1.165) is 28.5 Å². The van der Waals surface area contributed by atoms with Gasteiger partial charge in [-0.3, -0.25) is 4.79 Å². The lowest BCUT2D eigenvalue weighted by Gasteiger charge is -2.20. The fraction of sp³-hybridized carbons (Fsp3) is 0.273. The number of hydrogen-bond acceptors (Lipinski definition) is 4. The molecule has 1 amide bonds. The van der Waals surface area contributed by atoms with Crippen LogP contribution in [0.25, 0.3) is 0 Å². The largest absolute Gasteiger partial charge is 0.497 e. The first-order chi connectivity index (χ1) is 13.6. The van der Waals surface area contributed by atoms with E-state index in [0.29, 0.717) is 12.8 Å². The molecule has 0 aliphatic heterocycles. The van der Waals surface area contributed by atoms with Crippen LogP contribution in [0.3, 0.4) is 0 Å². The molecule has 0 bridgehead atoms. The van der Waals surface area contributed by atoms with Crippen LogP contribution in [-0.4, -0.2) is 29.7 Å². The van der Waals surface area contributed by atoms with Crippen LogP contribution < -0.4 is 14.8 Å². The number of aryl methyl sites for hydroxylation is 2. The molecule has 2 aromatic carbocycles. The van der Waals surface area contributed by atoms with E-state index < -0.39 is 0 Å². The van der Waals surface area contributed by atoms with Gasteiger partial charge in [0.15, 0.2) is 0 Å². The number of benzene rings is 2. The number of carbonyl (C=O) groups excluding carboxylic acids is 1. The molecule has 0 saturated carbocycles. The number of nitrogens with one attached hydrogen (secondary N) is 1. The molecule has 6 heteroatoms. The molecule has 1 heterocycles. The maximum Gasteiger partial charge on any atom is 0.221 e. The topological polar surface area (TPSA) is 65.4 Å². The van der Waals surface area contributed by atoms with Crippen molar-refractivity contribution in [1.82, 2.24) is 14.9 Å². The van der Waals surface area contributed by atoms with Crippen molar-refractivity contribution in [2.24, 2.45) is 7.05 Å². The number of nitrogens with zero attached hydrogens (tertiary/aromatic N) is 2. The van der Waals surface area contributed by atoms with Crippen LogP contribution in [0.5, 0.6) is 11.5 Å². The van der Waals surface area contributed by atoms with Gasteiger partial charge >= 0.3 is 0 Å². The molecule has 0 spiro atoms. The van der Waals surface area contributed by atoms with Crippen LogP contribution in [-0.2, 0) is 18.3 Å². The van der Waals surface area contributed by atoms with Crippen molar-refractivity contribution in [2.45, 2.75) is 18.9 Å². The Morgan fingerprint density at radius 3 is 2.68 bits per heavy atom. The number of para-hydroxylation sites is 1. The molecule has 0 unspecified atom stereocenters. The Labute approximate surface area is 165 Å². The molecule has 0 fully saturated rings. The molecule has 0 radical (unpaired) electrons. The minimum absolute atomic E-state index is 0.0540. The average Bonchev–Trinajstić information content (AvgIpc) is 3.16. The first-order valence-electron chi connectivity index (χ1n) is 9.14. The zero-order valence-corrected chi connectivity index (χ0v) is 16.4.